The number of ketones is 1. The molecule has 156 valence electrons. The lowest BCUT2D eigenvalue weighted by atomic mass is 9.84. The molecule has 2 aliphatic heterocycles. The Morgan fingerprint density at radius 2 is 1.90 bits per heavy atom. The third-order valence-electron chi connectivity index (χ3n) is 5.41. The quantitative estimate of drug-likeness (QED) is 0.354. The van der Waals surface area contributed by atoms with Gasteiger partial charge in [0.05, 0.1) is 32.5 Å². The monoisotopic (exact) mass is 418 g/mol. The number of esters is 1. The van der Waals surface area contributed by atoms with Crippen molar-refractivity contribution in [1.82, 2.24) is 0 Å². The van der Waals surface area contributed by atoms with Crippen molar-refractivity contribution in [2.45, 2.75) is 12.3 Å². The first-order chi connectivity index (χ1) is 15.1. The summed E-state index contributed by atoms with van der Waals surface area (Å²) in [6.45, 7) is 0. The third kappa shape index (κ3) is 3.15. The zero-order chi connectivity index (χ0) is 21.5. The van der Waals surface area contributed by atoms with Crippen LogP contribution >= 0.6 is 0 Å². The fourth-order valence-electron chi connectivity index (χ4n) is 3.98. The lowest BCUT2D eigenvalue weighted by molar-refractivity contribution is -0.135. The number of carbonyl (C=O) groups excluding carboxylic acids is 2. The lowest BCUT2D eigenvalue weighted by Crippen LogP contribution is -2.22. The van der Waals surface area contributed by atoms with E-state index in [1.807, 2.05) is 6.07 Å². The fourth-order valence-corrected chi connectivity index (χ4v) is 3.98. The molecule has 0 N–H and O–H groups in total. The first-order valence-corrected chi connectivity index (χ1v) is 9.66. The van der Waals surface area contributed by atoms with Crippen molar-refractivity contribution in [3.8, 4) is 23.0 Å². The number of furan rings is 1. The lowest BCUT2D eigenvalue weighted by Gasteiger charge is -2.27. The number of methoxy groups -OCH3 is 2. The van der Waals surface area contributed by atoms with Crippen LogP contribution in [0.2, 0.25) is 0 Å². The van der Waals surface area contributed by atoms with Crippen molar-refractivity contribution in [2.75, 3.05) is 14.2 Å². The van der Waals surface area contributed by atoms with Crippen LogP contribution in [0.4, 0.5) is 0 Å². The Morgan fingerprint density at radius 1 is 1.03 bits per heavy atom. The molecule has 0 fully saturated rings. The van der Waals surface area contributed by atoms with E-state index < -0.39 is 5.92 Å². The van der Waals surface area contributed by atoms with Gasteiger partial charge in [-0.1, -0.05) is 6.07 Å². The minimum atomic E-state index is -0.414. The molecule has 0 saturated heterocycles. The Labute approximate surface area is 177 Å². The molecule has 2 aromatic carbocycles. The van der Waals surface area contributed by atoms with Crippen LogP contribution in [-0.2, 0) is 4.79 Å². The molecule has 3 aromatic rings. The number of fused-ring (bicyclic) bond motifs is 3. The van der Waals surface area contributed by atoms with Gasteiger partial charge in [-0.3, -0.25) is 9.59 Å². The van der Waals surface area contributed by atoms with Gasteiger partial charge in [0.1, 0.15) is 28.8 Å². The maximum Gasteiger partial charge on any atom is 0.312 e. The van der Waals surface area contributed by atoms with Gasteiger partial charge in [-0.25, -0.2) is 0 Å². The minimum absolute atomic E-state index is 0.0843. The molecule has 1 unspecified atom stereocenters. The van der Waals surface area contributed by atoms with E-state index in [4.69, 9.17) is 23.4 Å². The van der Waals surface area contributed by atoms with Gasteiger partial charge in [0, 0.05) is 29.2 Å². The van der Waals surface area contributed by atoms with Gasteiger partial charge in [-0.05, 0) is 30.3 Å². The minimum Gasteiger partial charge on any atom is -0.497 e. The molecule has 7 heteroatoms. The summed E-state index contributed by atoms with van der Waals surface area (Å²) in [5, 5.41) is 0. The summed E-state index contributed by atoms with van der Waals surface area (Å²) in [4.78, 5) is 25.3. The molecule has 0 amide bonds. The van der Waals surface area contributed by atoms with Gasteiger partial charge in [0.25, 0.3) is 0 Å². The average Bonchev–Trinajstić information content (AvgIpc) is 3.41. The second kappa shape index (κ2) is 7.36. The summed E-state index contributed by atoms with van der Waals surface area (Å²) in [6, 6.07) is 12.1. The number of hydrogen-bond donors (Lipinski definition) is 0. The second-order valence-corrected chi connectivity index (χ2v) is 7.15. The topological polar surface area (TPSA) is 84.2 Å². The smallest absolute Gasteiger partial charge is 0.312 e. The number of Topliss-reactive ketones (excluding diaryl/α,β-unsaturated/α-hetero) is 1. The third-order valence-corrected chi connectivity index (χ3v) is 5.41. The Bertz CT molecular complexity index is 1220. The first-order valence-electron chi connectivity index (χ1n) is 9.66. The number of rotatable bonds is 4. The van der Waals surface area contributed by atoms with Crippen LogP contribution in [0.15, 0.2) is 58.9 Å². The summed E-state index contributed by atoms with van der Waals surface area (Å²) in [5.74, 6) is 1.56. The molecule has 5 rings (SSSR count). The highest BCUT2D eigenvalue weighted by molar-refractivity contribution is 6.15. The molecule has 1 aromatic heterocycles. The van der Waals surface area contributed by atoms with E-state index in [2.05, 4.69) is 0 Å². The summed E-state index contributed by atoms with van der Waals surface area (Å²) >= 11 is 0. The van der Waals surface area contributed by atoms with E-state index in [-0.39, 0.29) is 23.9 Å². The average molecular weight is 418 g/mol. The van der Waals surface area contributed by atoms with Crippen LogP contribution in [0.1, 0.15) is 39.6 Å². The van der Waals surface area contributed by atoms with Crippen molar-refractivity contribution < 1.29 is 33.0 Å². The van der Waals surface area contributed by atoms with E-state index in [0.717, 1.165) is 5.56 Å². The summed E-state index contributed by atoms with van der Waals surface area (Å²) in [5.41, 5.74) is 1.82. The summed E-state index contributed by atoms with van der Waals surface area (Å²) in [6.07, 6.45) is 3.15. The molecule has 1 atom stereocenters. The standard InChI is InChI=1S/C24H18O7/c1-27-13-5-6-15(19(10-13)28-2)17-12-21(25)30-18-8-7-16-23(26)20(31-24(16)22(17)18)11-14-4-3-9-29-14/h3-11,17H,12H2,1-2H3/b20-11-. The highest BCUT2D eigenvalue weighted by Gasteiger charge is 2.39. The number of benzene rings is 2. The molecule has 3 heterocycles. The normalized spacial score (nSPS) is 18.3. The van der Waals surface area contributed by atoms with Gasteiger partial charge in [-0.15, -0.1) is 0 Å². The van der Waals surface area contributed by atoms with Crippen molar-refractivity contribution in [2.24, 2.45) is 0 Å². The van der Waals surface area contributed by atoms with Crippen LogP contribution in [0.3, 0.4) is 0 Å². The molecule has 31 heavy (non-hydrogen) atoms. The van der Waals surface area contributed by atoms with Gasteiger partial charge in [-0.2, -0.15) is 0 Å². The van der Waals surface area contributed by atoms with E-state index in [9.17, 15) is 9.59 Å². The van der Waals surface area contributed by atoms with Gasteiger partial charge >= 0.3 is 5.97 Å². The molecule has 0 bridgehead atoms. The van der Waals surface area contributed by atoms with E-state index >= 15 is 0 Å². The second-order valence-electron chi connectivity index (χ2n) is 7.15. The molecule has 2 aliphatic rings. The number of allylic oxidation sites excluding steroid dienone is 1. The highest BCUT2D eigenvalue weighted by atomic mass is 16.5. The van der Waals surface area contributed by atoms with Crippen LogP contribution in [0.25, 0.3) is 6.08 Å². The van der Waals surface area contributed by atoms with Crippen molar-refractivity contribution in [3.05, 3.63) is 76.9 Å². The van der Waals surface area contributed by atoms with Gasteiger partial charge in [0.15, 0.2) is 5.76 Å². The number of carbonyl (C=O) groups is 2. The first kappa shape index (κ1) is 19.0. The van der Waals surface area contributed by atoms with Crippen molar-refractivity contribution in [3.63, 3.8) is 0 Å². The zero-order valence-electron chi connectivity index (χ0n) is 16.8. The molecule has 0 spiro atoms. The van der Waals surface area contributed by atoms with Crippen molar-refractivity contribution in [1.29, 1.82) is 0 Å². The van der Waals surface area contributed by atoms with E-state index in [1.54, 1.807) is 56.7 Å². The summed E-state index contributed by atoms with van der Waals surface area (Å²) < 4.78 is 27.6. The molecular formula is C24H18O7. The van der Waals surface area contributed by atoms with E-state index in [0.29, 0.717) is 39.9 Å². The Balaban J connectivity index is 1.65. The van der Waals surface area contributed by atoms with Gasteiger partial charge in [0.2, 0.25) is 5.78 Å². The summed E-state index contributed by atoms with van der Waals surface area (Å²) in [7, 11) is 3.13. The molecule has 0 saturated carbocycles. The fraction of sp³-hybridized carbons (Fsp3) is 0.167. The van der Waals surface area contributed by atoms with Crippen molar-refractivity contribution >= 4 is 17.8 Å². The van der Waals surface area contributed by atoms with Crippen LogP contribution < -0.4 is 18.9 Å². The maximum atomic E-state index is 12.9. The molecule has 7 nitrogen and oxygen atoms in total. The molecular weight excluding hydrogens is 400 g/mol. The predicted octanol–water partition coefficient (Wildman–Crippen LogP) is 4.35. The SMILES string of the molecule is COc1ccc(C2CC(=O)Oc3ccc4c(c32)O/C(=C\c2ccco2)C4=O)c(OC)c1. The maximum absolute atomic E-state index is 12.9. The van der Waals surface area contributed by atoms with Crippen LogP contribution in [0.5, 0.6) is 23.0 Å². The van der Waals surface area contributed by atoms with E-state index in [1.165, 1.54) is 6.26 Å². The van der Waals surface area contributed by atoms with Crippen LogP contribution in [0, 0.1) is 0 Å². The highest BCUT2D eigenvalue weighted by Crippen LogP contribution is 2.50. The Morgan fingerprint density at radius 3 is 2.65 bits per heavy atom. The number of hydrogen-bond acceptors (Lipinski definition) is 7. The molecule has 0 aliphatic carbocycles. The Hall–Kier alpha value is -4.00. The van der Waals surface area contributed by atoms with Gasteiger partial charge < -0.3 is 23.4 Å². The number of ether oxygens (including phenoxy) is 4. The predicted molar refractivity (Wildman–Crippen MR) is 110 cm³/mol. The zero-order valence-corrected chi connectivity index (χ0v) is 16.8. The molecule has 0 radical (unpaired) electrons. The Kier molecular flexibility index (Phi) is 4.51. The van der Waals surface area contributed by atoms with Crippen LogP contribution in [-0.4, -0.2) is 26.0 Å². The largest absolute Gasteiger partial charge is 0.497 e.